The van der Waals surface area contributed by atoms with E-state index in [1.807, 2.05) is 0 Å². The first-order valence-corrected chi connectivity index (χ1v) is 7.62. The molecule has 0 fully saturated rings. The second-order valence-corrected chi connectivity index (χ2v) is 7.11. The fraction of sp³-hybridized carbons (Fsp3) is 0.364. The van der Waals surface area contributed by atoms with Crippen molar-refractivity contribution in [3.63, 3.8) is 0 Å². The summed E-state index contributed by atoms with van der Waals surface area (Å²) in [5.74, 6) is 0.0176. The highest BCUT2D eigenvalue weighted by atomic mass is 79.9. The average molecular weight is 320 g/mol. The Morgan fingerprint density at radius 1 is 1.41 bits per heavy atom. The second-order valence-electron chi connectivity index (χ2n) is 3.59. The molecule has 6 heteroatoms. The number of hydrogen-bond acceptors (Lipinski definition) is 4. The van der Waals surface area contributed by atoms with Gasteiger partial charge in [-0.15, -0.1) is 0 Å². The maximum atomic E-state index is 11.7. The van der Waals surface area contributed by atoms with Crippen LogP contribution in [0.25, 0.3) is 0 Å². The maximum absolute atomic E-state index is 11.7. The smallest absolute Gasteiger partial charge is 0.158 e. The lowest BCUT2D eigenvalue weighted by atomic mass is 10.1. The lowest BCUT2D eigenvalue weighted by Gasteiger charge is -2.13. The Labute approximate surface area is 109 Å². The Kier molecular flexibility index (Phi) is 4.70. The summed E-state index contributed by atoms with van der Waals surface area (Å²) in [5.41, 5.74) is 0.763. The predicted molar refractivity (Wildman–Crippen MR) is 71.4 cm³/mol. The minimum Gasteiger partial charge on any atom is -0.411 e. The molecule has 0 aliphatic heterocycles. The Morgan fingerprint density at radius 3 is 2.35 bits per heavy atom. The number of halogens is 1. The van der Waals surface area contributed by atoms with Crippen molar-refractivity contribution in [1.29, 1.82) is 0 Å². The van der Waals surface area contributed by atoms with Crippen molar-refractivity contribution < 1.29 is 13.6 Å². The topological polar surface area (TPSA) is 66.7 Å². The highest BCUT2D eigenvalue weighted by Crippen LogP contribution is 2.15. The molecule has 1 N–H and O–H groups in total. The van der Waals surface area contributed by atoms with Crippen molar-refractivity contribution in [3.05, 3.63) is 34.3 Å². The fourth-order valence-corrected chi connectivity index (χ4v) is 2.70. The van der Waals surface area contributed by atoms with Gasteiger partial charge in [0, 0.05) is 15.8 Å². The summed E-state index contributed by atoms with van der Waals surface area (Å²) in [7, 11) is -3.27. The molecule has 1 rings (SSSR count). The van der Waals surface area contributed by atoms with Crippen LogP contribution < -0.4 is 0 Å². The molecular formula is C11H14BrNO3S. The van der Waals surface area contributed by atoms with Crippen LogP contribution in [0.1, 0.15) is 19.4 Å². The monoisotopic (exact) mass is 319 g/mol. The molecule has 0 radical (unpaired) electrons. The molecule has 0 aromatic heterocycles. The summed E-state index contributed by atoms with van der Waals surface area (Å²) in [6.45, 7) is 3.10. The van der Waals surface area contributed by atoms with Gasteiger partial charge in [0.1, 0.15) is 11.0 Å². The molecule has 0 aliphatic rings. The summed E-state index contributed by atoms with van der Waals surface area (Å²) >= 11 is 3.29. The molecule has 0 saturated carbocycles. The van der Waals surface area contributed by atoms with Crippen LogP contribution in [0, 0.1) is 0 Å². The molecule has 1 unspecified atom stereocenters. The van der Waals surface area contributed by atoms with Gasteiger partial charge in [0.2, 0.25) is 0 Å². The maximum Gasteiger partial charge on any atom is 0.158 e. The van der Waals surface area contributed by atoms with Gasteiger partial charge in [-0.1, -0.05) is 40.1 Å². The highest BCUT2D eigenvalue weighted by molar-refractivity contribution is 9.10. The molecule has 0 aliphatic carbocycles. The van der Waals surface area contributed by atoms with Crippen LogP contribution in [-0.2, 0) is 9.84 Å². The van der Waals surface area contributed by atoms with Crippen LogP contribution in [-0.4, -0.2) is 30.3 Å². The van der Waals surface area contributed by atoms with Gasteiger partial charge in [-0.3, -0.25) is 0 Å². The first-order chi connectivity index (χ1) is 7.92. The molecule has 1 aromatic rings. The van der Waals surface area contributed by atoms with Crippen LogP contribution in [0.5, 0.6) is 0 Å². The summed E-state index contributed by atoms with van der Waals surface area (Å²) in [5, 5.41) is 11.3. The molecular weight excluding hydrogens is 306 g/mol. The number of sulfone groups is 1. The van der Waals surface area contributed by atoms with Crippen LogP contribution in [0.2, 0.25) is 0 Å². The van der Waals surface area contributed by atoms with E-state index in [4.69, 9.17) is 5.21 Å². The molecule has 94 valence electrons. The van der Waals surface area contributed by atoms with E-state index >= 15 is 0 Å². The van der Waals surface area contributed by atoms with Crippen LogP contribution in [0.3, 0.4) is 0 Å². The number of nitrogens with zero attached hydrogens (tertiary/aromatic N) is 1. The zero-order valence-electron chi connectivity index (χ0n) is 9.59. The van der Waals surface area contributed by atoms with Crippen LogP contribution in [0.4, 0.5) is 0 Å². The van der Waals surface area contributed by atoms with Gasteiger partial charge in [-0.2, -0.15) is 0 Å². The van der Waals surface area contributed by atoms with Crippen molar-refractivity contribution >= 4 is 31.5 Å². The molecule has 0 heterocycles. The zero-order valence-corrected chi connectivity index (χ0v) is 12.0. The van der Waals surface area contributed by atoms with Crippen LogP contribution >= 0.6 is 15.9 Å². The van der Waals surface area contributed by atoms with Crippen molar-refractivity contribution in [2.75, 3.05) is 5.75 Å². The van der Waals surface area contributed by atoms with Gasteiger partial charge in [-0.05, 0) is 19.1 Å². The highest BCUT2D eigenvalue weighted by Gasteiger charge is 2.25. The molecule has 17 heavy (non-hydrogen) atoms. The predicted octanol–water partition coefficient (Wildman–Crippen LogP) is 2.45. The normalized spacial score (nSPS) is 14.6. The van der Waals surface area contributed by atoms with Gasteiger partial charge in [0.25, 0.3) is 0 Å². The van der Waals surface area contributed by atoms with Gasteiger partial charge in [-0.25, -0.2) is 8.42 Å². The molecule has 0 bridgehead atoms. The van der Waals surface area contributed by atoms with Crippen molar-refractivity contribution in [2.45, 2.75) is 19.1 Å². The largest absolute Gasteiger partial charge is 0.411 e. The van der Waals surface area contributed by atoms with E-state index in [2.05, 4.69) is 21.1 Å². The third-order valence-corrected chi connectivity index (χ3v) is 5.21. The minimum absolute atomic E-state index is 0.0176. The number of hydrogen-bond donors (Lipinski definition) is 1. The summed E-state index contributed by atoms with van der Waals surface area (Å²) in [4.78, 5) is 0. The van der Waals surface area contributed by atoms with E-state index in [0.717, 1.165) is 4.47 Å². The molecule has 4 nitrogen and oxygen atoms in total. The van der Waals surface area contributed by atoms with Crippen LogP contribution in [0.15, 0.2) is 33.9 Å². The quantitative estimate of drug-likeness (QED) is 0.526. The number of oxime groups is 1. The molecule has 0 amide bonds. The second kappa shape index (κ2) is 5.64. The Bertz CT molecular complexity index is 508. The number of benzene rings is 1. The lowest BCUT2D eigenvalue weighted by Crippen LogP contribution is -2.29. The Morgan fingerprint density at radius 2 is 1.94 bits per heavy atom. The summed E-state index contributed by atoms with van der Waals surface area (Å²) in [6.07, 6.45) is 0. The zero-order chi connectivity index (χ0) is 13.1. The third-order valence-electron chi connectivity index (χ3n) is 2.57. The molecule has 0 spiro atoms. The fourth-order valence-electron chi connectivity index (χ4n) is 1.41. The number of rotatable bonds is 4. The SMILES string of the molecule is CCS(=O)(=O)C(C)C(=NO)c1ccc(Br)cc1. The Hall–Kier alpha value is -0.880. The van der Waals surface area contributed by atoms with E-state index < -0.39 is 15.1 Å². The van der Waals surface area contributed by atoms with Gasteiger partial charge < -0.3 is 5.21 Å². The molecule has 1 atom stereocenters. The van der Waals surface area contributed by atoms with Gasteiger partial charge in [0.05, 0.1) is 0 Å². The summed E-state index contributed by atoms with van der Waals surface area (Å²) in [6, 6.07) is 6.96. The standard InChI is InChI=1S/C11H14BrNO3S/c1-3-17(15,16)8(2)11(13-14)9-4-6-10(12)7-5-9/h4-8,14H,3H2,1-2H3. The third kappa shape index (κ3) is 3.29. The van der Waals surface area contributed by atoms with E-state index in [-0.39, 0.29) is 11.5 Å². The van der Waals surface area contributed by atoms with E-state index in [0.29, 0.717) is 5.56 Å². The van der Waals surface area contributed by atoms with Gasteiger partial charge >= 0.3 is 0 Å². The van der Waals surface area contributed by atoms with Crippen molar-refractivity contribution in [1.82, 2.24) is 0 Å². The van der Waals surface area contributed by atoms with E-state index in [1.165, 1.54) is 6.92 Å². The Balaban J connectivity index is 3.14. The minimum atomic E-state index is -3.27. The van der Waals surface area contributed by atoms with E-state index in [9.17, 15) is 8.42 Å². The average Bonchev–Trinajstić information content (AvgIpc) is 2.32. The molecule has 1 aromatic carbocycles. The first-order valence-electron chi connectivity index (χ1n) is 5.11. The summed E-state index contributed by atoms with van der Waals surface area (Å²) < 4.78 is 24.4. The van der Waals surface area contributed by atoms with Crippen molar-refractivity contribution in [2.24, 2.45) is 5.16 Å². The first kappa shape index (κ1) is 14.2. The lowest BCUT2D eigenvalue weighted by molar-refractivity contribution is 0.318. The van der Waals surface area contributed by atoms with Crippen molar-refractivity contribution in [3.8, 4) is 0 Å². The molecule has 0 saturated heterocycles. The van der Waals surface area contributed by atoms with E-state index in [1.54, 1.807) is 31.2 Å². The van der Waals surface area contributed by atoms with Gasteiger partial charge in [0.15, 0.2) is 9.84 Å².